The van der Waals surface area contributed by atoms with Crippen LogP contribution in [0.4, 0.5) is 5.69 Å². The van der Waals surface area contributed by atoms with Crippen molar-refractivity contribution in [1.29, 1.82) is 5.26 Å². The second kappa shape index (κ2) is 8.78. The van der Waals surface area contributed by atoms with Gasteiger partial charge in [0.2, 0.25) is 0 Å². The molecule has 0 unspecified atom stereocenters. The molecule has 4 rings (SSSR count). The maximum Gasteiger partial charge on any atom is 0.261 e. The number of hydrogen-bond acceptors (Lipinski definition) is 7. The number of aromatic nitrogens is 1. The quantitative estimate of drug-likeness (QED) is 0.401. The van der Waals surface area contributed by atoms with Crippen molar-refractivity contribution >= 4 is 43.0 Å². The van der Waals surface area contributed by atoms with Crippen LogP contribution in [0.2, 0.25) is 0 Å². The van der Waals surface area contributed by atoms with Crippen molar-refractivity contribution in [2.45, 2.75) is 10.8 Å². The van der Waals surface area contributed by atoms with Gasteiger partial charge in [-0.2, -0.15) is 5.26 Å². The molecule has 1 N–H and O–H groups in total. The van der Waals surface area contributed by atoms with Gasteiger partial charge in [-0.25, -0.2) is 13.4 Å². The first-order chi connectivity index (χ1) is 15.4. The molecule has 4 aromatic rings. The highest BCUT2D eigenvalue weighted by atomic mass is 32.2. The van der Waals surface area contributed by atoms with Crippen LogP contribution in [0.25, 0.3) is 10.2 Å². The monoisotopic (exact) mass is 463 g/mol. The van der Waals surface area contributed by atoms with Gasteiger partial charge in [-0.1, -0.05) is 24.3 Å². The summed E-state index contributed by atoms with van der Waals surface area (Å²) in [7, 11) is -2.43. The molecule has 1 aromatic heterocycles. The normalized spacial score (nSPS) is 12.1. The zero-order chi connectivity index (χ0) is 22.7. The lowest BCUT2D eigenvalue weighted by Gasteiger charge is -2.11. The Balaban J connectivity index is 1.61. The van der Waals surface area contributed by atoms with Gasteiger partial charge in [0.05, 0.1) is 28.3 Å². The third kappa shape index (κ3) is 4.32. The van der Waals surface area contributed by atoms with E-state index in [1.807, 2.05) is 30.3 Å². The summed E-state index contributed by atoms with van der Waals surface area (Å²) in [5.41, 5.74) is 1.18. The van der Waals surface area contributed by atoms with Crippen LogP contribution in [-0.2, 0) is 10.0 Å². The maximum absolute atomic E-state index is 13.1. The second-order valence-corrected chi connectivity index (χ2v) is 9.55. The minimum Gasteiger partial charge on any atom is -0.497 e. The summed E-state index contributed by atoms with van der Waals surface area (Å²) in [6, 6.07) is 21.4. The number of carbonyl (C=O) groups excluding carboxylic acids is 1. The van der Waals surface area contributed by atoms with Crippen LogP contribution in [0.15, 0.2) is 77.7 Å². The molecule has 0 fully saturated rings. The van der Waals surface area contributed by atoms with Gasteiger partial charge in [-0.15, -0.1) is 11.3 Å². The fraction of sp³-hybridized carbons (Fsp3) is 0.0870. The Morgan fingerprint density at radius 3 is 2.53 bits per heavy atom. The van der Waals surface area contributed by atoms with Gasteiger partial charge in [0.15, 0.2) is 11.7 Å². The third-order valence-corrected chi connectivity index (χ3v) is 7.20. The molecular weight excluding hydrogens is 446 g/mol. The number of fused-ring (bicyclic) bond motifs is 1. The summed E-state index contributed by atoms with van der Waals surface area (Å²) < 4.78 is 34.1. The fourth-order valence-electron chi connectivity index (χ4n) is 3.10. The number of nitrogens with zero attached hydrogens (tertiary/aromatic N) is 2. The molecule has 0 amide bonds. The average molecular weight is 464 g/mol. The number of Topliss-reactive ketones (excluding diaryl/α,β-unsaturated/α-hetero) is 1. The first-order valence-corrected chi connectivity index (χ1v) is 11.8. The van der Waals surface area contributed by atoms with Gasteiger partial charge in [0.25, 0.3) is 10.0 Å². The molecule has 0 saturated carbocycles. The van der Waals surface area contributed by atoms with Gasteiger partial charge in [0, 0.05) is 11.3 Å². The predicted octanol–water partition coefficient (Wildman–Crippen LogP) is 4.60. The van der Waals surface area contributed by atoms with Crippen molar-refractivity contribution in [3.05, 3.63) is 83.4 Å². The van der Waals surface area contributed by atoms with Crippen molar-refractivity contribution in [2.24, 2.45) is 0 Å². The van der Waals surface area contributed by atoms with E-state index in [0.717, 1.165) is 4.70 Å². The van der Waals surface area contributed by atoms with E-state index in [0.29, 0.717) is 22.0 Å². The molecule has 3 aromatic carbocycles. The van der Waals surface area contributed by atoms with E-state index in [2.05, 4.69) is 9.71 Å². The Morgan fingerprint density at radius 1 is 1.09 bits per heavy atom. The van der Waals surface area contributed by atoms with E-state index >= 15 is 0 Å². The van der Waals surface area contributed by atoms with E-state index in [9.17, 15) is 18.5 Å². The average Bonchev–Trinajstić information content (AvgIpc) is 3.23. The predicted molar refractivity (Wildman–Crippen MR) is 123 cm³/mol. The standard InChI is InChI=1S/C23H17N3O4S2/c1-30-17-11-9-16(10-12-17)26-32(28,29)18-6-4-5-15(13-18)22(27)19(14-24)23-25-20-7-2-3-8-21(20)31-23/h2-13,19,26H,1H3/t19-/m0/s1. The van der Waals surface area contributed by atoms with Gasteiger partial charge < -0.3 is 4.74 Å². The number of sulfonamides is 1. The Bertz CT molecular complexity index is 1410. The first kappa shape index (κ1) is 21.5. The summed E-state index contributed by atoms with van der Waals surface area (Å²) in [6.45, 7) is 0. The highest BCUT2D eigenvalue weighted by molar-refractivity contribution is 7.92. The number of carbonyl (C=O) groups is 1. The van der Waals surface area contributed by atoms with Crippen LogP contribution < -0.4 is 9.46 Å². The summed E-state index contributed by atoms with van der Waals surface area (Å²) in [5.74, 6) is -1.04. The van der Waals surface area contributed by atoms with Crippen LogP contribution in [0.5, 0.6) is 5.75 Å². The number of nitrogens with one attached hydrogen (secondary N) is 1. The summed E-state index contributed by atoms with van der Waals surface area (Å²) >= 11 is 1.27. The summed E-state index contributed by atoms with van der Waals surface area (Å²) in [6.07, 6.45) is 0. The molecular formula is C23H17N3O4S2. The molecule has 0 spiro atoms. The largest absolute Gasteiger partial charge is 0.497 e. The topological polar surface area (TPSA) is 109 Å². The lowest BCUT2D eigenvalue weighted by Crippen LogP contribution is -2.15. The van der Waals surface area contributed by atoms with E-state index in [1.54, 1.807) is 24.3 Å². The second-order valence-electron chi connectivity index (χ2n) is 6.81. The van der Waals surface area contributed by atoms with Crippen molar-refractivity contribution < 1.29 is 17.9 Å². The highest BCUT2D eigenvalue weighted by Gasteiger charge is 2.26. The van der Waals surface area contributed by atoms with Gasteiger partial charge >= 0.3 is 0 Å². The van der Waals surface area contributed by atoms with Crippen LogP contribution in [0.1, 0.15) is 21.3 Å². The number of benzene rings is 3. The number of rotatable bonds is 7. The third-order valence-electron chi connectivity index (χ3n) is 4.72. The molecule has 0 aliphatic rings. The molecule has 160 valence electrons. The van der Waals surface area contributed by atoms with Crippen molar-refractivity contribution in [2.75, 3.05) is 11.8 Å². The van der Waals surface area contributed by atoms with E-state index in [1.165, 1.54) is 42.7 Å². The van der Waals surface area contributed by atoms with E-state index < -0.39 is 21.7 Å². The number of nitriles is 1. The Hall–Kier alpha value is -3.74. The molecule has 0 aliphatic heterocycles. The molecule has 1 atom stereocenters. The highest BCUT2D eigenvalue weighted by Crippen LogP contribution is 2.30. The molecule has 0 radical (unpaired) electrons. The zero-order valence-electron chi connectivity index (χ0n) is 16.8. The van der Waals surface area contributed by atoms with E-state index in [4.69, 9.17) is 4.74 Å². The lowest BCUT2D eigenvalue weighted by atomic mass is 9.99. The van der Waals surface area contributed by atoms with Crippen molar-refractivity contribution in [3.8, 4) is 11.8 Å². The number of hydrogen-bond donors (Lipinski definition) is 1. The van der Waals surface area contributed by atoms with E-state index in [-0.39, 0.29) is 10.5 Å². The van der Waals surface area contributed by atoms with Crippen LogP contribution in [-0.4, -0.2) is 26.3 Å². The minimum atomic E-state index is -3.95. The molecule has 1 heterocycles. The maximum atomic E-state index is 13.1. The Labute approximate surface area is 189 Å². The zero-order valence-corrected chi connectivity index (χ0v) is 18.5. The molecule has 7 nitrogen and oxygen atoms in total. The van der Waals surface area contributed by atoms with Crippen LogP contribution in [0, 0.1) is 11.3 Å². The fourth-order valence-corrected chi connectivity index (χ4v) is 5.21. The van der Waals surface area contributed by atoms with Crippen LogP contribution in [0.3, 0.4) is 0 Å². The van der Waals surface area contributed by atoms with Crippen molar-refractivity contribution in [1.82, 2.24) is 4.98 Å². The Morgan fingerprint density at radius 2 is 1.84 bits per heavy atom. The molecule has 0 bridgehead atoms. The minimum absolute atomic E-state index is 0.0832. The molecule has 9 heteroatoms. The molecule has 0 aliphatic carbocycles. The van der Waals surface area contributed by atoms with Crippen LogP contribution >= 0.6 is 11.3 Å². The first-order valence-electron chi connectivity index (χ1n) is 9.47. The van der Waals surface area contributed by atoms with Gasteiger partial charge in [0.1, 0.15) is 10.8 Å². The van der Waals surface area contributed by atoms with Gasteiger partial charge in [-0.05, 0) is 48.5 Å². The number of anilines is 1. The van der Waals surface area contributed by atoms with Crippen molar-refractivity contribution in [3.63, 3.8) is 0 Å². The number of para-hydroxylation sites is 1. The number of ether oxygens (including phenoxy) is 1. The lowest BCUT2D eigenvalue weighted by molar-refractivity contribution is 0.0978. The molecule has 0 saturated heterocycles. The Kier molecular flexibility index (Phi) is 5.90. The van der Waals surface area contributed by atoms with Gasteiger partial charge in [-0.3, -0.25) is 9.52 Å². The number of thiazole rings is 1. The molecule has 32 heavy (non-hydrogen) atoms. The number of methoxy groups -OCH3 is 1. The smallest absolute Gasteiger partial charge is 0.261 e. The SMILES string of the molecule is COc1ccc(NS(=O)(=O)c2cccc(C(=O)[C@H](C#N)c3nc4ccccc4s3)c2)cc1. The summed E-state index contributed by atoms with van der Waals surface area (Å²) in [4.78, 5) is 17.4. The summed E-state index contributed by atoms with van der Waals surface area (Å²) in [5, 5.41) is 10.0. The number of ketones is 1.